The molecule has 0 saturated carbocycles. The van der Waals surface area contributed by atoms with Gasteiger partial charge >= 0.3 is 6.09 Å². The number of ether oxygens (including phenoxy) is 8. The molecule has 10 nitrogen and oxygen atoms in total. The topological polar surface area (TPSA) is 94.2 Å². The van der Waals surface area contributed by atoms with Crippen molar-refractivity contribution < 1.29 is 42.7 Å². The molecule has 252 valence electrons. The number of fused-ring (bicyclic) bond motifs is 3. The van der Waals surface area contributed by atoms with E-state index in [0.29, 0.717) is 105 Å². The summed E-state index contributed by atoms with van der Waals surface area (Å²) in [5.74, 6) is 0.640. The third-order valence-corrected chi connectivity index (χ3v) is 7.55. The number of carbonyl (C=O) groups is 1. The van der Waals surface area contributed by atoms with E-state index in [2.05, 4.69) is 38.1 Å². The molecule has 10 heteroatoms. The third kappa shape index (κ3) is 14.2. The maximum absolute atomic E-state index is 12.6. The van der Waals surface area contributed by atoms with Crippen molar-refractivity contribution in [2.24, 2.45) is 5.92 Å². The zero-order valence-corrected chi connectivity index (χ0v) is 27.4. The summed E-state index contributed by atoms with van der Waals surface area (Å²) in [6.45, 7) is 12.5. The van der Waals surface area contributed by atoms with E-state index in [4.69, 9.17) is 37.9 Å². The van der Waals surface area contributed by atoms with Gasteiger partial charge in [0.1, 0.15) is 6.61 Å². The molecule has 0 N–H and O–H groups in total. The fraction of sp³-hybridized carbons (Fsp3) is 0.629. The molecule has 0 bridgehead atoms. The molecule has 0 fully saturated rings. The first-order chi connectivity index (χ1) is 22.1. The van der Waals surface area contributed by atoms with Gasteiger partial charge in [0.05, 0.1) is 85.9 Å². The van der Waals surface area contributed by atoms with Crippen LogP contribution in [0.4, 0.5) is 4.79 Å². The van der Waals surface area contributed by atoms with E-state index in [-0.39, 0.29) is 12.0 Å². The Balaban J connectivity index is 1.06. The Bertz CT molecular complexity index is 1020. The van der Waals surface area contributed by atoms with Gasteiger partial charge in [-0.25, -0.2) is 4.79 Å². The van der Waals surface area contributed by atoms with Crippen LogP contribution in [-0.4, -0.2) is 124 Å². The first-order valence-electron chi connectivity index (χ1n) is 16.2. The van der Waals surface area contributed by atoms with E-state index < -0.39 is 0 Å². The minimum Gasteiger partial charge on any atom is -0.448 e. The number of nitrogens with zero attached hydrogens (tertiary/aromatic N) is 1. The van der Waals surface area contributed by atoms with Gasteiger partial charge in [-0.3, -0.25) is 0 Å². The Morgan fingerprint density at radius 3 is 1.49 bits per heavy atom. The smallest absolute Gasteiger partial charge is 0.409 e. The highest BCUT2D eigenvalue weighted by molar-refractivity contribution is 5.79. The van der Waals surface area contributed by atoms with Crippen LogP contribution in [0, 0.1) is 5.92 Å². The van der Waals surface area contributed by atoms with Gasteiger partial charge in [0.25, 0.3) is 0 Å². The zero-order chi connectivity index (χ0) is 32.0. The first-order valence-corrected chi connectivity index (χ1v) is 16.2. The number of hydrogen-bond donors (Lipinski definition) is 0. The fourth-order valence-electron chi connectivity index (χ4n) is 4.72. The molecule has 3 rings (SSSR count). The van der Waals surface area contributed by atoms with E-state index in [0.717, 1.165) is 13.0 Å². The number of likely N-dealkylation sites (N-methyl/N-ethyl adjacent to an activating group) is 1. The Kier molecular flexibility index (Phi) is 18.7. The number of rotatable bonds is 26. The summed E-state index contributed by atoms with van der Waals surface area (Å²) in [5, 5.41) is 0. The lowest BCUT2D eigenvalue weighted by molar-refractivity contribution is -0.0218. The Morgan fingerprint density at radius 1 is 0.644 bits per heavy atom. The average Bonchev–Trinajstić information content (AvgIpc) is 3.39. The van der Waals surface area contributed by atoms with Crippen molar-refractivity contribution in [1.29, 1.82) is 0 Å². The van der Waals surface area contributed by atoms with Gasteiger partial charge in [-0.15, -0.1) is 0 Å². The van der Waals surface area contributed by atoms with E-state index in [1.54, 1.807) is 7.05 Å². The van der Waals surface area contributed by atoms with Crippen LogP contribution >= 0.6 is 0 Å². The molecule has 0 aliphatic heterocycles. The standard InChI is InChI=1S/C35H53NO9/c1-4-29(2)27-44-26-25-43-24-23-42-22-21-41-20-19-40-18-17-39-16-15-38-14-13-36(3)35(37)45-28-34-32-11-7-5-9-30(32)31-10-6-8-12-33(31)34/h5-12,29,34H,4,13-28H2,1-3H3. The molecule has 0 saturated heterocycles. The van der Waals surface area contributed by atoms with Gasteiger partial charge < -0.3 is 42.8 Å². The molecule has 1 aliphatic carbocycles. The fourth-order valence-corrected chi connectivity index (χ4v) is 4.72. The molecule has 0 radical (unpaired) electrons. The van der Waals surface area contributed by atoms with Crippen molar-refractivity contribution in [3.63, 3.8) is 0 Å². The average molecular weight is 632 g/mol. The molecule has 0 heterocycles. The van der Waals surface area contributed by atoms with E-state index in [1.165, 1.54) is 27.2 Å². The lowest BCUT2D eigenvalue weighted by Crippen LogP contribution is -2.32. The summed E-state index contributed by atoms with van der Waals surface area (Å²) in [6.07, 6.45) is 0.772. The highest BCUT2D eigenvalue weighted by Crippen LogP contribution is 2.44. The van der Waals surface area contributed by atoms with Gasteiger partial charge in [0.2, 0.25) is 0 Å². The molecule has 0 spiro atoms. The molecule has 1 atom stereocenters. The van der Waals surface area contributed by atoms with Gasteiger partial charge in [0.15, 0.2) is 0 Å². The summed E-state index contributed by atoms with van der Waals surface area (Å²) in [5.41, 5.74) is 4.82. The molecular weight excluding hydrogens is 578 g/mol. The third-order valence-electron chi connectivity index (χ3n) is 7.55. The highest BCUT2D eigenvalue weighted by Gasteiger charge is 2.29. The van der Waals surface area contributed by atoms with Crippen molar-refractivity contribution >= 4 is 6.09 Å². The molecule has 1 amide bonds. The van der Waals surface area contributed by atoms with Crippen molar-refractivity contribution in [1.82, 2.24) is 4.90 Å². The van der Waals surface area contributed by atoms with Crippen LogP contribution in [0.1, 0.15) is 37.3 Å². The number of amides is 1. The van der Waals surface area contributed by atoms with Crippen LogP contribution < -0.4 is 0 Å². The van der Waals surface area contributed by atoms with Gasteiger partial charge in [0, 0.05) is 26.1 Å². The Morgan fingerprint density at radius 2 is 1.04 bits per heavy atom. The van der Waals surface area contributed by atoms with Crippen LogP contribution in [-0.2, 0) is 37.9 Å². The quantitative estimate of drug-likeness (QED) is 0.133. The predicted octanol–water partition coefficient (Wildman–Crippen LogP) is 5.03. The summed E-state index contributed by atoms with van der Waals surface area (Å²) in [7, 11) is 1.72. The summed E-state index contributed by atoms with van der Waals surface area (Å²) < 4.78 is 44.3. The zero-order valence-electron chi connectivity index (χ0n) is 27.4. The second-order valence-electron chi connectivity index (χ2n) is 11.0. The lowest BCUT2D eigenvalue weighted by Gasteiger charge is -2.19. The predicted molar refractivity (Wildman–Crippen MR) is 173 cm³/mol. The maximum atomic E-state index is 12.6. The minimum atomic E-state index is -0.357. The molecule has 0 aromatic heterocycles. The Hall–Kier alpha value is -2.57. The minimum absolute atomic E-state index is 0.0468. The number of carbonyl (C=O) groups excluding carboxylic acids is 1. The molecule has 1 unspecified atom stereocenters. The Labute approximate surface area is 269 Å². The van der Waals surface area contributed by atoms with Crippen molar-refractivity contribution in [2.45, 2.75) is 26.2 Å². The number of benzene rings is 2. The SMILES string of the molecule is CCC(C)COCCOCCOCCOCCOCCOCCOCCN(C)C(=O)OCC1c2ccccc2-c2ccccc21. The second-order valence-corrected chi connectivity index (χ2v) is 11.0. The van der Waals surface area contributed by atoms with Crippen LogP contribution in [0.25, 0.3) is 11.1 Å². The summed E-state index contributed by atoms with van der Waals surface area (Å²) >= 11 is 0. The maximum Gasteiger partial charge on any atom is 0.409 e. The highest BCUT2D eigenvalue weighted by atomic mass is 16.6. The van der Waals surface area contributed by atoms with E-state index >= 15 is 0 Å². The van der Waals surface area contributed by atoms with Gasteiger partial charge in [-0.2, -0.15) is 0 Å². The monoisotopic (exact) mass is 631 g/mol. The van der Waals surface area contributed by atoms with Crippen LogP contribution in [0.5, 0.6) is 0 Å². The summed E-state index contributed by atoms with van der Waals surface area (Å²) in [6, 6.07) is 16.6. The van der Waals surface area contributed by atoms with Crippen molar-refractivity contribution in [2.75, 3.05) is 113 Å². The number of hydrogen-bond acceptors (Lipinski definition) is 9. The largest absolute Gasteiger partial charge is 0.448 e. The van der Waals surface area contributed by atoms with Crippen LogP contribution in [0.3, 0.4) is 0 Å². The van der Waals surface area contributed by atoms with E-state index in [1.807, 2.05) is 24.3 Å². The van der Waals surface area contributed by atoms with Crippen LogP contribution in [0.2, 0.25) is 0 Å². The van der Waals surface area contributed by atoms with Crippen molar-refractivity contribution in [3.8, 4) is 11.1 Å². The first kappa shape index (κ1) is 36.9. The molecular formula is C35H53NO9. The normalized spacial score (nSPS) is 13.0. The molecule has 2 aromatic rings. The molecule has 45 heavy (non-hydrogen) atoms. The second kappa shape index (κ2) is 22.9. The van der Waals surface area contributed by atoms with Crippen LogP contribution in [0.15, 0.2) is 48.5 Å². The van der Waals surface area contributed by atoms with Crippen molar-refractivity contribution in [3.05, 3.63) is 59.7 Å². The molecule has 2 aromatic carbocycles. The van der Waals surface area contributed by atoms with Gasteiger partial charge in [-0.05, 0) is 28.2 Å². The molecule has 1 aliphatic rings. The van der Waals surface area contributed by atoms with Gasteiger partial charge in [-0.1, -0.05) is 68.8 Å². The summed E-state index contributed by atoms with van der Waals surface area (Å²) in [4.78, 5) is 14.1. The lowest BCUT2D eigenvalue weighted by atomic mass is 9.98. The van der Waals surface area contributed by atoms with E-state index in [9.17, 15) is 4.79 Å².